The van der Waals surface area contributed by atoms with Crippen LogP contribution in [0.3, 0.4) is 0 Å². The second-order valence-corrected chi connectivity index (χ2v) is 9.19. The average molecular weight is 540 g/mol. The highest BCUT2D eigenvalue weighted by Gasteiger charge is 2.31. The van der Waals surface area contributed by atoms with Crippen LogP contribution in [0, 0.1) is 0 Å². The number of thioether (sulfide) groups is 1. The first-order valence-corrected chi connectivity index (χ1v) is 12.8. The van der Waals surface area contributed by atoms with E-state index in [1.165, 1.54) is 11.8 Å². The van der Waals surface area contributed by atoms with Crippen molar-refractivity contribution in [2.45, 2.75) is 56.3 Å². The third kappa shape index (κ3) is 12.2. The molecule has 0 saturated carbocycles. The third-order valence-corrected chi connectivity index (χ3v) is 5.84. The SMILES string of the molecule is CSCCC(N)C(=O)NC(Cc1ccccc1)C(=O)NC(CCC(N)=O)C(=O)NC(CC(=O)O)C(=O)O. The van der Waals surface area contributed by atoms with Gasteiger partial charge in [-0.25, -0.2) is 4.79 Å². The molecule has 0 aliphatic rings. The number of rotatable bonds is 17. The minimum absolute atomic E-state index is 0.0502. The fraction of sp³-hybridized carbons (Fsp3) is 0.478. The monoisotopic (exact) mass is 539 g/mol. The van der Waals surface area contributed by atoms with Gasteiger partial charge in [0.1, 0.15) is 18.1 Å². The first-order valence-electron chi connectivity index (χ1n) is 11.4. The van der Waals surface area contributed by atoms with E-state index in [1.807, 2.05) is 6.26 Å². The Morgan fingerprint density at radius 1 is 0.865 bits per heavy atom. The van der Waals surface area contributed by atoms with Crippen LogP contribution >= 0.6 is 11.8 Å². The quantitative estimate of drug-likeness (QED) is 0.122. The van der Waals surface area contributed by atoms with Crippen molar-refractivity contribution in [3.05, 3.63) is 35.9 Å². The Bertz CT molecular complexity index is 962. The smallest absolute Gasteiger partial charge is 0.326 e. The van der Waals surface area contributed by atoms with E-state index in [0.29, 0.717) is 17.7 Å². The molecule has 4 atom stereocenters. The molecule has 204 valence electrons. The molecule has 0 fully saturated rings. The molecule has 0 aliphatic heterocycles. The zero-order valence-electron chi connectivity index (χ0n) is 20.3. The molecule has 0 saturated heterocycles. The van der Waals surface area contributed by atoms with E-state index < -0.39 is 66.2 Å². The first-order chi connectivity index (χ1) is 17.4. The van der Waals surface area contributed by atoms with Crippen LogP contribution in [0.15, 0.2) is 30.3 Å². The highest BCUT2D eigenvalue weighted by molar-refractivity contribution is 7.98. The Kier molecular flexibility index (Phi) is 13.7. The molecule has 14 heteroatoms. The highest BCUT2D eigenvalue weighted by atomic mass is 32.2. The normalized spacial score (nSPS) is 13.9. The molecule has 0 radical (unpaired) electrons. The second-order valence-electron chi connectivity index (χ2n) is 8.20. The highest BCUT2D eigenvalue weighted by Crippen LogP contribution is 2.07. The van der Waals surface area contributed by atoms with E-state index >= 15 is 0 Å². The van der Waals surface area contributed by atoms with Crippen molar-refractivity contribution in [3.63, 3.8) is 0 Å². The van der Waals surface area contributed by atoms with Gasteiger partial charge in [-0.2, -0.15) is 11.8 Å². The summed E-state index contributed by atoms with van der Waals surface area (Å²) in [6.07, 6.45) is 0.762. The zero-order chi connectivity index (χ0) is 28.0. The van der Waals surface area contributed by atoms with Crippen molar-refractivity contribution in [3.8, 4) is 0 Å². The van der Waals surface area contributed by atoms with Gasteiger partial charge in [0, 0.05) is 12.8 Å². The number of aliphatic carboxylic acids is 2. The lowest BCUT2D eigenvalue weighted by Gasteiger charge is -2.25. The van der Waals surface area contributed by atoms with Gasteiger partial charge in [0.15, 0.2) is 0 Å². The lowest BCUT2D eigenvalue weighted by Crippen LogP contribution is -2.57. The summed E-state index contributed by atoms with van der Waals surface area (Å²) in [7, 11) is 0. The van der Waals surface area contributed by atoms with Crippen molar-refractivity contribution in [2.75, 3.05) is 12.0 Å². The van der Waals surface area contributed by atoms with Crippen molar-refractivity contribution in [1.29, 1.82) is 0 Å². The van der Waals surface area contributed by atoms with Gasteiger partial charge in [0.2, 0.25) is 23.6 Å². The summed E-state index contributed by atoms with van der Waals surface area (Å²) in [5.74, 6) is -5.59. The summed E-state index contributed by atoms with van der Waals surface area (Å²) in [5.41, 5.74) is 11.8. The molecule has 0 aliphatic carbocycles. The fourth-order valence-electron chi connectivity index (χ4n) is 3.19. The van der Waals surface area contributed by atoms with Crippen LogP contribution in [0.1, 0.15) is 31.2 Å². The number of hydrogen-bond donors (Lipinski definition) is 7. The molecule has 1 aromatic rings. The molecular formula is C23H33N5O8S. The number of carbonyl (C=O) groups is 6. The first kappa shape index (κ1) is 31.4. The summed E-state index contributed by atoms with van der Waals surface area (Å²) < 4.78 is 0. The van der Waals surface area contributed by atoms with E-state index in [4.69, 9.17) is 16.6 Å². The van der Waals surface area contributed by atoms with Gasteiger partial charge in [0.05, 0.1) is 12.5 Å². The van der Waals surface area contributed by atoms with Crippen LogP contribution in [-0.2, 0) is 35.2 Å². The number of primary amides is 1. The molecule has 37 heavy (non-hydrogen) atoms. The maximum absolute atomic E-state index is 13.2. The molecule has 9 N–H and O–H groups in total. The molecule has 13 nitrogen and oxygen atoms in total. The molecule has 1 rings (SSSR count). The van der Waals surface area contributed by atoms with Crippen LogP contribution in [0.2, 0.25) is 0 Å². The largest absolute Gasteiger partial charge is 0.481 e. The zero-order valence-corrected chi connectivity index (χ0v) is 21.2. The molecule has 4 unspecified atom stereocenters. The Morgan fingerprint density at radius 3 is 1.97 bits per heavy atom. The average Bonchev–Trinajstić information content (AvgIpc) is 2.83. The van der Waals surface area contributed by atoms with E-state index in [1.54, 1.807) is 30.3 Å². The van der Waals surface area contributed by atoms with Crippen molar-refractivity contribution < 1.29 is 39.0 Å². The van der Waals surface area contributed by atoms with Crippen LogP contribution in [0.4, 0.5) is 0 Å². The Balaban J connectivity index is 3.12. The Hall–Kier alpha value is -3.65. The summed E-state index contributed by atoms with van der Waals surface area (Å²) in [4.78, 5) is 72.2. The molecule has 0 spiro atoms. The number of benzene rings is 1. The third-order valence-electron chi connectivity index (χ3n) is 5.19. The van der Waals surface area contributed by atoms with Gasteiger partial charge in [-0.15, -0.1) is 0 Å². The van der Waals surface area contributed by atoms with Crippen molar-refractivity contribution >= 4 is 47.3 Å². The maximum Gasteiger partial charge on any atom is 0.326 e. The summed E-state index contributed by atoms with van der Waals surface area (Å²) in [6, 6.07) is 3.50. The van der Waals surface area contributed by atoms with Gasteiger partial charge >= 0.3 is 11.9 Å². The maximum atomic E-state index is 13.2. The van der Waals surface area contributed by atoms with Crippen molar-refractivity contribution in [2.24, 2.45) is 11.5 Å². The predicted molar refractivity (Wildman–Crippen MR) is 135 cm³/mol. The number of hydrogen-bond acceptors (Lipinski definition) is 8. The van der Waals surface area contributed by atoms with Crippen LogP contribution in [0.5, 0.6) is 0 Å². The van der Waals surface area contributed by atoms with Crippen LogP contribution < -0.4 is 27.4 Å². The standard InChI is InChI=1S/C23H33N5O8S/c1-37-10-9-14(24)20(32)27-16(11-13-5-3-2-4-6-13)22(34)26-15(7-8-18(25)29)21(33)28-17(23(35)36)12-19(30)31/h2-6,14-17H,7-12,24H2,1H3,(H2,25,29)(H,26,34)(H,27,32)(H,28,33)(H,30,31)(H,35,36). The van der Waals surface area contributed by atoms with Gasteiger partial charge in [-0.3, -0.25) is 24.0 Å². The predicted octanol–water partition coefficient (Wildman–Crippen LogP) is -1.41. The van der Waals surface area contributed by atoms with E-state index in [9.17, 15) is 33.9 Å². The van der Waals surface area contributed by atoms with Crippen LogP contribution in [0.25, 0.3) is 0 Å². The van der Waals surface area contributed by atoms with Gasteiger partial charge in [-0.1, -0.05) is 30.3 Å². The Labute approximate surface area is 218 Å². The van der Waals surface area contributed by atoms with E-state index in [2.05, 4.69) is 16.0 Å². The number of carbonyl (C=O) groups excluding carboxylic acids is 4. The number of carboxylic acid groups (broad SMARTS) is 2. The molecule has 0 aromatic heterocycles. The minimum atomic E-state index is -1.77. The summed E-state index contributed by atoms with van der Waals surface area (Å²) in [6.45, 7) is 0. The molecule has 1 aromatic carbocycles. The lowest BCUT2D eigenvalue weighted by atomic mass is 10.0. The van der Waals surface area contributed by atoms with Gasteiger partial charge in [-0.05, 0) is 30.4 Å². The molecule has 0 heterocycles. The summed E-state index contributed by atoms with van der Waals surface area (Å²) >= 11 is 1.50. The topological polar surface area (TPSA) is 231 Å². The van der Waals surface area contributed by atoms with Crippen LogP contribution in [-0.4, -0.2) is 82.0 Å². The van der Waals surface area contributed by atoms with Gasteiger partial charge in [0.25, 0.3) is 0 Å². The number of nitrogens with two attached hydrogens (primary N) is 2. The number of carboxylic acids is 2. The number of nitrogens with one attached hydrogen (secondary N) is 3. The van der Waals surface area contributed by atoms with E-state index in [0.717, 1.165) is 0 Å². The molecule has 0 bridgehead atoms. The van der Waals surface area contributed by atoms with Crippen molar-refractivity contribution in [1.82, 2.24) is 16.0 Å². The second kappa shape index (κ2) is 16.2. The molecular weight excluding hydrogens is 506 g/mol. The fourth-order valence-corrected chi connectivity index (χ4v) is 3.68. The lowest BCUT2D eigenvalue weighted by molar-refractivity contribution is -0.147. The van der Waals surface area contributed by atoms with Gasteiger partial charge < -0.3 is 37.6 Å². The minimum Gasteiger partial charge on any atom is -0.481 e. The summed E-state index contributed by atoms with van der Waals surface area (Å²) in [5, 5.41) is 25.2. The molecule has 4 amide bonds. The number of amides is 4. The Morgan fingerprint density at radius 2 is 1.43 bits per heavy atom. The van der Waals surface area contributed by atoms with E-state index in [-0.39, 0.29) is 19.3 Å².